The van der Waals surface area contributed by atoms with Crippen molar-refractivity contribution in [2.75, 3.05) is 0 Å². The molecule has 0 unspecified atom stereocenters. The van der Waals surface area contributed by atoms with Crippen LogP contribution in [0.15, 0.2) is 120 Å². The lowest BCUT2D eigenvalue weighted by atomic mass is 9.82. The molecule has 0 aliphatic rings. The van der Waals surface area contributed by atoms with E-state index < -0.39 is 0 Å². The highest BCUT2D eigenvalue weighted by molar-refractivity contribution is 6.25. The van der Waals surface area contributed by atoms with Gasteiger partial charge in [-0.3, -0.25) is 0 Å². The highest BCUT2D eigenvalue weighted by atomic mass is 16.3. The molecule has 8 aromatic rings. The SMILES string of the molecule is CC(C)(C)c1cc2ccc3ccc(-c4ccc(-c5cccc6c5oc5ccccc56)cc4)c4ccc(c1)c2c34. The second kappa shape index (κ2) is 7.94. The molecular formula is C38H28O. The Bertz CT molecular complexity index is 2170. The number of benzene rings is 7. The zero-order valence-corrected chi connectivity index (χ0v) is 22.4. The zero-order chi connectivity index (χ0) is 26.3. The third kappa shape index (κ3) is 3.33. The third-order valence-corrected chi connectivity index (χ3v) is 8.38. The Kier molecular flexibility index (Phi) is 4.56. The fourth-order valence-corrected chi connectivity index (χ4v) is 6.31. The molecule has 0 saturated heterocycles. The molecule has 186 valence electrons. The van der Waals surface area contributed by atoms with Crippen molar-refractivity contribution in [2.45, 2.75) is 26.2 Å². The van der Waals surface area contributed by atoms with Crippen molar-refractivity contribution in [2.24, 2.45) is 0 Å². The van der Waals surface area contributed by atoms with Crippen LogP contribution in [0, 0.1) is 0 Å². The van der Waals surface area contributed by atoms with Gasteiger partial charge in [0.25, 0.3) is 0 Å². The zero-order valence-electron chi connectivity index (χ0n) is 22.4. The van der Waals surface area contributed by atoms with E-state index in [1.54, 1.807) is 0 Å². The van der Waals surface area contributed by atoms with Crippen LogP contribution < -0.4 is 0 Å². The second-order valence-electron chi connectivity index (χ2n) is 11.8. The van der Waals surface area contributed by atoms with E-state index in [2.05, 4.69) is 124 Å². The van der Waals surface area contributed by atoms with Gasteiger partial charge < -0.3 is 4.42 Å². The van der Waals surface area contributed by atoms with Crippen molar-refractivity contribution in [1.29, 1.82) is 0 Å². The smallest absolute Gasteiger partial charge is 0.143 e. The average molecular weight is 501 g/mol. The van der Waals surface area contributed by atoms with Gasteiger partial charge in [-0.1, -0.05) is 130 Å². The number of rotatable bonds is 2. The Labute approximate surface area is 227 Å². The number of furan rings is 1. The van der Waals surface area contributed by atoms with E-state index in [1.807, 2.05) is 12.1 Å². The van der Waals surface area contributed by atoms with E-state index >= 15 is 0 Å². The van der Waals surface area contributed by atoms with Crippen LogP contribution in [0.4, 0.5) is 0 Å². The summed E-state index contributed by atoms with van der Waals surface area (Å²) in [5, 5.41) is 10.3. The first-order valence-corrected chi connectivity index (χ1v) is 13.7. The third-order valence-electron chi connectivity index (χ3n) is 8.38. The summed E-state index contributed by atoms with van der Waals surface area (Å²) in [7, 11) is 0. The van der Waals surface area contributed by atoms with Crippen LogP contribution in [0.5, 0.6) is 0 Å². The van der Waals surface area contributed by atoms with Gasteiger partial charge in [0.15, 0.2) is 0 Å². The lowest BCUT2D eigenvalue weighted by molar-refractivity contribution is 0.591. The van der Waals surface area contributed by atoms with Crippen LogP contribution in [-0.4, -0.2) is 0 Å². The highest BCUT2D eigenvalue weighted by Crippen LogP contribution is 2.42. The maximum Gasteiger partial charge on any atom is 0.143 e. The van der Waals surface area contributed by atoms with E-state index in [-0.39, 0.29) is 5.41 Å². The van der Waals surface area contributed by atoms with Crippen LogP contribution in [0.25, 0.3) is 76.5 Å². The van der Waals surface area contributed by atoms with Crippen LogP contribution in [0.2, 0.25) is 0 Å². The van der Waals surface area contributed by atoms with Crippen LogP contribution >= 0.6 is 0 Å². The van der Waals surface area contributed by atoms with Gasteiger partial charge in [-0.25, -0.2) is 0 Å². The fourth-order valence-electron chi connectivity index (χ4n) is 6.31. The highest BCUT2D eigenvalue weighted by Gasteiger charge is 2.18. The Morgan fingerprint density at radius 3 is 1.90 bits per heavy atom. The summed E-state index contributed by atoms with van der Waals surface area (Å²) < 4.78 is 6.31. The predicted octanol–water partition coefficient (Wildman–Crippen LogP) is 11.1. The summed E-state index contributed by atoms with van der Waals surface area (Å²) in [6.07, 6.45) is 0. The molecular weight excluding hydrogens is 472 g/mol. The molecule has 1 nitrogen and oxygen atoms in total. The minimum atomic E-state index is 0.115. The molecule has 0 spiro atoms. The second-order valence-corrected chi connectivity index (χ2v) is 11.8. The number of hydrogen-bond donors (Lipinski definition) is 0. The van der Waals surface area contributed by atoms with Gasteiger partial charge in [0.2, 0.25) is 0 Å². The van der Waals surface area contributed by atoms with Crippen molar-refractivity contribution in [3.05, 3.63) is 121 Å². The van der Waals surface area contributed by atoms with Crippen LogP contribution in [0.1, 0.15) is 26.3 Å². The summed E-state index contributed by atoms with van der Waals surface area (Å²) in [5.41, 5.74) is 8.15. The van der Waals surface area contributed by atoms with Crippen LogP contribution in [-0.2, 0) is 5.41 Å². The summed E-state index contributed by atoms with van der Waals surface area (Å²) in [4.78, 5) is 0. The summed E-state index contributed by atoms with van der Waals surface area (Å²) in [6.45, 7) is 6.86. The van der Waals surface area contributed by atoms with Crippen molar-refractivity contribution in [3.8, 4) is 22.3 Å². The number of para-hydroxylation sites is 2. The maximum atomic E-state index is 6.31. The number of hydrogen-bond acceptors (Lipinski definition) is 1. The first kappa shape index (κ1) is 22.4. The van der Waals surface area contributed by atoms with Crippen LogP contribution in [0.3, 0.4) is 0 Å². The molecule has 39 heavy (non-hydrogen) atoms. The molecule has 0 atom stereocenters. The van der Waals surface area contributed by atoms with E-state index in [0.717, 1.165) is 33.1 Å². The standard InChI is InChI=1S/C38H28O/c1-38(2,3)28-21-26-16-15-25-17-19-29(32-20-18-27(22-28)35(26)36(25)32)23-11-13-24(14-12-23)30-8-6-9-33-31-7-4-5-10-34(31)39-37(30)33/h4-22H,1-3H3. The van der Waals surface area contributed by atoms with Gasteiger partial charge in [0, 0.05) is 16.3 Å². The normalized spacial score (nSPS) is 12.5. The summed E-state index contributed by atoms with van der Waals surface area (Å²) in [6, 6.07) is 42.1. The first-order chi connectivity index (χ1) is 19.0. The van der Waals surface area contributed by atoms with Crippen molar-refractivity contribution >= 4 is 54.3 Å². The topological polar surface area (TPSA) is 13.1 Å². The molecule has 0 N–H and O–H groups in total. The van der Waals surface area contributed by atoms with E-state index in [0.29, 0.717) is 0 Å². The Hall–Kier alpha value is -4.62. The van der Waals surface area contributed by atoms with Gasteiger partial charge in [0.1, 0.15) is 11.2 Å². The molecule has 0 aliphatic heterocycles. The van der Waals surface area contributed by atoms with Crippen molar-refractivity contribution < 1.29 is 4.42 Å². The summed E-state index contributed by atoms with van der Waals surface area (Å²) in [5.74, 6) is 0. The molecule has 0 saturated carbocycles. The van der Waals surface area contributed by atoms with E-state index in [1.165, 1.54) is 49.0 Å². The van der Waals surface area contributed by atoms with Crippen molar-refractivity contribution in [1.82, 2.24) is 0 Å². The minimum absolute atomic E-state index is 0.115. The average Bonchev–Trinajstić information content (AvgIpc) is 3.34. The molecule has 1 heterocycles. The van der Waals surface area contributed by atoms with Gasteiger partial charge >= 0.3 is 0 Å². The number of fused-ring (bicyclic) bond motifs is 3. The van der Waals surface area contributed by atoms with Gasteiger partial charge in [0.05, 0.1) is 0 Å². The molecule has 1 aromatic heterocycles. The van der Waals surface area contributed by atoms with Gasteiger partial charge in [-0.05, 0) is 66.1 Å². The van der Waals surface area contributed by atoms with Gasteiger partial charge in [-0.15, -0.1) is 0 Å². The minimum Gasteiger partial charge on any atom is -0.455 e. The fraction of sp³-hybridized carbons (Fsp3) is 0.105. The maximum absolute atomic E-state index is 6.31. The largest absolute Gasteiger partial charge is 0.455 e. The predicted molar refractivity (Wildman–Crippen MR) is 167 cm³/mol. The molecule has 0 bridgehead atoms. The molecule has 0 amide bonds. The van der Waals surface area contributed by atoms with E-state index in [9.17, 15) is 0 Å². The first-order valence-electron chi connectivity index (χ1n) is 13.7. The van der Waals surface area contributed by atoms with E-state index in [4.69, 9.17) is 4.42 Å². The quantitative estimate of drug-likeness (QED) is 0.215. The lowest BCUT2D eigenvalue weighted by Gasteiger charge is -2.22. The lowest BCUT2D eigenvalue weighted by Crippen LogP contribution is -2.10. The molecule has 8 rings (SSSR count). The molecule has 0 aliphatic carbocycles. The Morgan fingerprint density at radius 2 is 1.13 bits per heavy atom. The monoisotopic (exact) mass is 500 g/mol. The molecule has 0 radical (unpaired) electrons. The Balaban J connectivity index is 1.28. The van der Waals surface area contributed by atoms with Gasteiger partial charge in [-0.2, -0.15) is 0 Å². The molecule has 1 heteroatoms. The van der Waals surface area contributed by atoms with Crippen molar-refractivity contribution in [3.63, 3.8) is 0 Å². The molecule has 7 aromatic carbocycles. The Morgan fingerprint density at radius 1 is 0.487 bits per heavy atom. The summed E-state index contributed by atoms with van der Waals surface area (Å²) >= 11 is 0. The molecule has 0 fully saturated rings.